The first kappa shape index (κ1) is 11.4. The van der Waals surface area contributed by atoms with E-state index in [4.69, 9.17) is 5.11 Å². The molecule has 0 saturated carbocycles. The number of halogens is 2. The second kappa shape index (κ2) is 4.21. The molecule has 0 bridgehead atoms. The second-order valence-corrected chi connectivity index (χ2v) is 3.19. The van der Waals surface area contributed by atoms with Crippen molar-refractivity contribution in [1.29, 1.82) is 0 Å². The van der Waals surface area contributed by atoms with Crippen molar-refractivity contribution in [3.8, 4) is 0 Å². The summed E-state index contributed by atoms with van der Waals surface area (Å²) >= 11 is 0. The van der Waals surface area contributed by atoms with Gasteiger partial charge in [0, 0.05) is 18.6 Å². The summed E-state index contributed by atoms with van der Waals surface area (Å²) in [6.07, 6.45) is 2.19. The van der Waals surface area contributed by atoms with Crippen molar-refractivity contribution >= 4 is 12.0 Å². The van der Waals surface area contributed by atoms with Crippen molar-refractivity contribution in [2.45, 2.75) is 12.8 Å². The topological polar surface area (TPSA) is 37.3 Å². The molecule has 0 radical (unpaired) electrons. The molecule has 0 aliphatic carbocycles. The normalized spacial score (nSPS) is 11.9. The molecule has 15 heavy (non-hydrogen) atoms. The molecule has 0 fully saturated rings. The quantitative estimate of drug-likeness (QED) is 0.782. The third-order valence-corrected chi connectivity index (χ3v) is 1.81. The van der Waals surface area contributed by atoms with E-state index in [1.807, 2.05) is 0 Å². The summed E-state index contributed by atoms with van der Waals surface area (Å²) in [4.78, 5) is 10.2. The summed E-state index contributed by atoms with van der Waals surface area (Å²) < 4.78 is 25.8. The van der Waals surface area contributed by atoms with Gasteiger partial charge in [-0.05, 0) is 17.7 Å². The standard InChI is InChI=1S/C11H10F2O2/c1-11(12,13)9-4-2-3-8(7-9)5-6-10(14)15/h2-7H,1H3,(H,14,15)/b6-5-. The summed E-state index contributed by atoms with van der Waals surface area (Å²) in [7, 11) is 0. The number of rotatable bonds is 3. The van der Waals surface area contributed by atoms with Gasteiger partial charge in [-0.2, -0.15) is 0 Å². The first-order valence-electron chi connectivity index (χ1n) is 4.29. The van der Waals surface area contributed by atoms with E-state index in [1.54, 1.807) is 6.07 Å². The summed E-state index contributed by atoms with van der Waals surface area (Å²) in [5.41, 5.74) is 0.312. The molecule has 1 aromatic carbocycles. The molecular weight excluding hydrogens is 202 g/mol. The van der Waals surface area contributed by atoms with Crippen LogP contribution in [0.5, 0.6) is 0 Å². The fourth-order valence-electron chi connectivity index (χ4n) is 1.08. The summed E-state index contributed by atoms with van der Waals surface area (Å²) in [5, 5.41) is 8.37. The van der Waals surface area contributed by atoms with E-state index in [1.165, 1.54) is 24.3 Å². The Bertz CT molecular complexity index is 392. The molecule has 0 unspecified atom stereocenters. The average molecular weight is 212 g/mol. The van der Waals surface area contributed by atoms with Gasteiger partial charge in [0.1, 0.15) is 0 Å². The van der Waals surface area contributed by atoms with Crippen LogP contribution in [0.3, 0.4) is 0 Å². The molecule has 0 spiro atoms. The van der Waals surface area contributed by atoms with Gasteiger partial charge in [0.25, 0.3) is 5.92 Å². The highest BCUT2D eigenvalue weighted by Gasteiger charge is 2.23. The highest BCUT2D eigenvalue weighted by molar-refractivity contribution is 5.85. The SMILES string of the molecule is CC(F)(F)c1cccc(/C=C\C(=O)O)c1. The molecule has 1 aromatic rings. The first-order chi connectivity index (χ1) is 6.89. The van der Waals surface area contributed by atoms with Gasteiger partial charge >= 0.3 is 5.97 Å². The van der Waals surface area contributed by atoms with E-state index in [0.717, 1.165) is 13.0 Å². The molecule has 0 saturated heterocycles. The first-order valence-corrected chi connectivity index (χ1v) is 4.29. The third-order valence-electron chi connectivity index (χ3n) is 1.81. The highest BCUT2D eigenvalue weighted by Crippen LogP contribution is 2.27. The Hall–Kier alpha value is -1.71. The zero-order valence-corrected chi connectivity index (χ0v) is 8.08. The summed E-state index contributed by atoms with van der Waals surface area (Å²) in [6.45, 7) is 0.799. The predicted octanol–water partition coefficient (Wildman–Crippen LogP) is 2.90. The van der Waals surface area contributed by atoms with Gasteiger partial charge in [-0.25, -0.2) is 13.6 Å². The van der Waals surface area contributed by atoms with E-state index < -0.39 is 11.9 Å². The zero-order valence-electron chi connectivity index (χ0n) is 8.08. The van der Waals surface area contributed by atoms with Crippen LogP contribution in [0.4, 0.5) is 8.78 Å². The zero-order chi connectivity index (χ0) is 11.5. The molecule has 1 N–H and O–H groups in total. The van der Waals surface area contributed by atoms with Crippen LogP contribution in [-0.2, 0) is 10.7 Å². The minimum absolute atomic E-state index is 0.130. The number of alkyl halides is 2. The molecule has 2 nitrogen and oxygen atoms in total. The van der Waals surface area contributed by atoms with Gasteiger partial charge < -0.3 is 5.11 Å². The molecule has 80 valence electrons. The van der Waals surface area contributed by atoms with Crippen LogP contribution in [0.2, 0.25) is 0 Å². The molecule has 0 amide bonds. The molecule has 0 aliphatic rings. The van der Waals surface area contributed by atoms with Gasteiger partial charge in [0.2, 0.25) is 0 Å². The Morgan fingerprint density at radius 3 is 2.67 bits per heavy atom. The lowest BCUT2D eigenvalue weighted by atomic mass is 10.1. The number of carboxylic acids is 1. The van der Waals surface area contributed by atoms with Gasteiger partial charge in [0.15, 0.2) is 0 Å². The van der Waals surface area contributed by atoms with Gasteiger partial charge in [0.05, 0.1) is 0 Å². The Morgan fingerprint density at radius 2 is 2.13 bits per heavy atom. The largest absolute Gasteiger partial charge is 0.478 e. The van der Waals surface area contributed by atoms with Crippen LogP contribution in [0.1, 0.15) is 18.1 Å². The minimum Gasteiger partial charge on any atom is -0.478 e. The molecule has 0 atom stereocenters. The van der Waals surface area contributed by atoms with Gasteiger partial charge in [-0.1, -0.05) is 18.2 Å². The van der Waals surface area contributed by atoms with E-state index in [9.17, 15) is 13.6 Å². The molecular formula is C11H10F2O2. The second-order valence-electron chi connectivity index (χ2n) is 3.19. The predicted molar refractivity (Wildman–Crippen MR) is 52.7 cm³/mol. The maximum atomic E-state index is 12.9. The van der Waals surface area contributed by atoms with E-state index in [2.05, 4.69) is 0 Å². The average Bonchev–Trinajstić information content (AvgIpc) is 2.14. The van der Waals surface area contributed by atoms with E-state index in [-0.39, 0.29) is 5.56 Å². The molecule has 0 aliphatic heterocycles. The van der Waals surface area contributed by atoms with Crippen LogP contribution in [0, 0.1) is 0 Å². The maximum Gasteiger partial charge on any atom is 0.328 e. The lowest BCUT2D eigenvalue weighted by Crippen LogP contribution is -2.06. The number of carboxylic acid groups (broad SMARTS) is 1. The Labute approximate surface area is 85.9 Å². The molecule has 0 heterocycles. The monoisotopic (exact) mass is 212 g/mol. The minimum atomic E-state index is -2.91. The Morgan fingerprint density at radius 1 is 1.47 bits per heavy atom. The smallest absolute Gasteiger partial charge is 0.328 e. The Balaban J connectivity index is 2.98. The van der Waals surface area contributed by atoms with Crippen molar-refractivity contribution < 1.29 is 18.7 Å². The highest BCUT2D eigenvalue weighted by atomic mass is 19.3. The number of benzene rings is 1. The number of hydrogen-bond donors (Lipinski definition) is 1. The third kappa shape index (κ3) is 3.50. The molecule has 0 aromatic heterocycles. The molecule has 4 heteroatoms. The summed E-state index contributed by atoms with van der Waals surface area (Å²) in [6, 6.07) is 5.60. The lowest BCUT2D eigenvalue weighted by molar-refractivity contribution is -0.131. The van der Waals surface area contributed by atoms with Crippen molar-refractivity contribution in [2.24, 2.45) is 0 Å². The van der Waals surface area contributed by atoms with E-state index in [0.29, 0.717) is 5.56 Å². The fourth-order valence-corrected chi connectivity index (χ4v) is 1.08. The van der Waals surface area contributed by atoms with E-state index >= 15 is 0 Å². The van der Waals surface area contributed by atoms with Crippen molar-refractivity contribution in [3.63, 3.8) is 0 Å². The van der Waals surface area contributed by atoms with Crippen LogP contribution in [0.25, 0.3) is 6.08 Å². The Kier molecular flexibility index (Phi) is 3.19. The maximum absolute atomic E-state index is 12.9. The van der Waals surface area contributed by atoms with Gasteiger partial charge in [-0.3, -0.25) is 0 Å². The number of carbonyl (C=O) groups is 1. The fraction of sp³-hybridized carbons (Fsp3) is 0.182. The molecule has 1 rings (SSSR count). The van der Waals surface area contributed by atoms with Gasteiger partial charge in [-0.15, -0.1) is 0 Å². The van der Waals surface area contributed by atoms with Crippen LogP contribution >= 0.6 is 0 Å². The van der Waals surface area contributed by atoms with Crippen molar-refractivity contribution in [2.75, 3.05) is 0 Å². The van der Waals surface area contributed by atoms with Crippen LogP contribution < -0.4 is 0 Å². The number of hydrogen-bond acceptors (Lipinski definition) is 1. The summed E-state index contributed by atoms with van der Waals surface area (Å²) in [5.74, 6) is -4.02. The van der Waals surface area contributed by atoms with Crippen LogP contribution in [-0.4, -0.2) is 11.1 Å². The van der Waals surface area contributed by atoms with Crippen LogP contribution in [0.15, 0.2) is 30.3 Å². The lowest BCUT2D eigenvalue weighted by Gasteiger charge is -2.10. The van der Waals surface area contributed by atoms with Crippen molar-refractivity contribution in [3.05, 3.63) is 41.5 Å². The number of aliphatic carboxylic acids is 1. The van der Waals surface area contributed by atoms with Crippen molar-refractivity contribution in [1.82, 2.24) is 0 Å².